The number of aromatic nitrogens is 3. The maximum absolute atomic E-state index is 12.7. The number of benzene rings is 1. The number of carbonyl (C=O) groups is 1. The van der Waals surface area contributed by atoms with Crippen molar-refractivity contribution in [2.75, 3.05) is 12.4 Å². The first kappa shape index (κ1) is 17.8. The number of amides is 1. The van der Waals surface area contributed by atoms with Crippen LogP contribution < -0.4 is 10.1 Å². The van der Waals surface area contributed by atoms with Crippen molar-refractivity contribution < 1.29 is 14.1 Å². The fraction of sp³-hybridized carbons (Fsp3) is 0.190. The van der Waals surface area contributed by atoms with Crippen molar-refractivity contribution in [2.45, 2.75) is 20.8 Å². The summed E-state index contributed by atoms with van der Waals surface area (Å²) < 4.78 is 12.5. The first-order valence-electron chi connectivity index (χ1n) is 8.85. The summed E-state index contributed by atoms with van der Waals surface area (Å²) in [6.45, 7) is 5.47. The molecule has 3 heterocycles. The van der Waals surface area contributed by atoms with Crippen LogP contribution in [-0.4, -0.2) is 27.6 Å². The molecular weight excluding hydrogens is 356 g/mol. The Balaban J connectivity index is 1.73. The molecule has 0 bridgehead atoms. The van der Waals surface area contributed by atoms with Crippen LogP contribution >= 0.6 is 0 Å². The first-order valence-corrected chi connectivity index (χ1v) is 8.85. The summed E-state index contributed by atoms with van der Waals surface area (Å²) in [5.74, 6) is 0.738. The van der Waals surface area contributed by atoms with Crippen molar-refractivity contribution in [3.8, 4) is 17.0 Å². The topological polar surface area (TPSA) is 81.7 Å². The van der Waals surface area contributed by atoms with Gasteiger partial charge in [-0.1, -0.05) is 11.2 Å². The van der Waals surface area contributed by atoms with Gasteiger partial charge >= 0.3 is 0 Å². The SMILES string of the molecule is COc1ccc(-c2cn3cccc(C)c3n2)cc1NC(=O)c1c(C)noc1C. The normalized spacial score (nSPS) is 11.0. The second kappa shape index (κ2) is 6.84. The van der Waals surface area contributed by atoms with E-state index in [-0.39, 0.29) is 5.91 Å². The van der Waals surface area contributed by atoms with E-state index in [1.165, 1.54) is 0 Å². The molecule has 7 nitrogen and oxygen atoms in total. The number of anilines is 1. The van der Waals surface area contributed by atoms with Crippen LogP contribution in [0.5, 0.6) is 5.75 Å². The summed E-state index contributed by atoms with van der Waals surface area (Å²) in [5.41, 5.74) is 5.20. The van der Waals surface area contributed by atoms with Crippen LogP contribution in [0.4, 0.5) is 5.69 Å². The molecule has 0 atom stereocenters. The Hall–Kier alpha value is -3.61. The molecule has 0 saturated carbocycles. The van der Waals surface area contributed by atoms with Gasteiger partial charge in [0.2, 0.25) is 0 Å². The highest BCUT2D eigenvalue weighted by Crippen LogP contribution is 2.31. The summed E-state index contributed by atoms with van der Waals surface area (Å²) in [5, 5.41) is 6.74. The van der Waals surface area contributed by atoms with Gasteiger partial charge in [0.15, 0.2) is 0 Å². The molecule has 0 radical (unpaired) electrons. The molecule has 0 aliphatic carbocycles. The summed E-state index contributed by atoms with van der Waals surface area (Å²) in [7, 11) is 1.56. The summed E-state index contributed by atoms with van der Waals surface area (Å²) in [6.07, 6.45) is 3.92. The minimum Gasteiger partial charge on any atom is -0.495 e. The molecule has 0 saturated heterocycles. The maximum atomic E-state index is 12.7. The molecular formula is C21H20N4O3. The number of rotatable bonds is 4. The van der Waals surface area contributed by atoms with Gasteiger partial charge in [0.25, 0.3) is 5.91 Å². The van der Waals surface area contributed by atoms with Gasteiger partial charge in [-0.25, -0.2) is 4.98 Å². The molecule has 0 fully saturated rings. The number of carbonyl (C=O) groups excluding carboxylic acids is 1. The Morgan fingerprint density at radius 3 is 2.71 bits per heavy atom. The van der Waals surface area contributed by atoms with Crippen LogP contribution in [0.3, 0.4) is 0 Å². The molecule has 4 aromatic rings. The second-order valence-electron chi connectivity index (χ2n) is 6.62. The Bertz CT molecular complexity index is 1170. The molecule has 28 heavy (non-hydrogen) atoms. The van der Waals surface area contributed by atoms with E-state index in [1.54, 1.807) is 21.0 Å². The largest absolute Gasteiger partial charge is 0.495 e. The minimum atomic E-state index is -0.294. The van der Waals surface area contributed by atoms with E-state index < -0.39 is 0 Å². The molecule has 0 aliphatic rings. The molecule has 4 rings (SSSR count). The van der Waals surface area contributed by atoms with Crippen molar-refractivity contribution in [2.24, 2.45) is 0 Å². The highest BCUT2D eigenvalue weighted by molar-refractivity contribution is 6.06. The third-order valence-electron chi connectivity index (χ3n) is 4.68. The second-order valence-corrected chi connectivity index (χ2v) is 6.62. The van der Waals surface area contributed by atoms with Crippen molar-refractivity contribution >= 4 is 17.2 Å². The van der Waals surface area contributed by atoms with Crippen molar-refractivity contribution in [1.29, 1.82) is 0 Å². The smallest absolute Gasteiger partial charge is 0.261 e. The summed E-state index contributed by atoms with van der Waals surface area (Å²) in [6, 6.07) is 9.59. The zero-order valence-corrected chi connectivity index (χ0v) is 16.1. The monoisotopic (exact) mass is 376 g/mol. The van der Waals surface area contributed by atoms with Gasteiger partial charge in [0.1, 0.15) is 22.7 Å². The molecule has 0 aliphatic heterocycles. The number of imidazole rings is 1. The maximum Gasteiger partial charge on any atom is 0.261 e. The van der Waals surface area contributed by atoms with Crippen LogP contribution in [0.15, 0.2) is 47.2 Å². The van der Waals surface area contributed by atoms with Crippen LogP contribution in [0.2, 0.25) is 0 Å². The van der Waals surface area contributed by atoms with E-state index >= 15 is 0 Å². The molecule has 1 aromatic carbocycles. The number of pyridine rings is 1. The zero-order chi connectivity index (χ0) is 19.8. The number of nitrogens with zero attached hydrogens (tertiary/aromatic N) is 3. The Morgan fingerprint density at radius 2 is 2.04 bits per heavy atom. The third-order valence-corrected chi connectivity index (χ3v) is 4.68. The van der Waals surface area contributed by atoms with Crippen molar-refractivity contribution in [3.63, 3.8) is 0 Å². The minimum absolute atomic E-state index is 0.294. The van der Waals surface area contributed by atoms with Crippen molar-refractivity contribution in [1.82, 2.24) is 14.5 Å². The summed E-state index contributed by atoms with van der Waals surface area (Å²) in [4.78, 5) is 17.5. The average Bonchev–Trinajstić information content (AvgIpc) is 3.26. The highest BCUT2D eigenvalue weighted by atomic mass is 16.5. The van der Waals surface area contributed by atoms with Crippen LogP contribution in [0.25, 0.3) is 16.9 Å². The lowest BCUT2D eigenvalue weighted by atomic mass is 10.1. The predicted octanol–water partition coefficient (Wildman–Crippen LogP) is 4.18. The van der Waals surface area contributed by atoms with Crippen LogP contribution in [0, 0.1) is 20.8 Å². The van der Waals surface area contributed by atoms with Gasteiger partial charge in [0, 0.05) is 18.0 Å². The lowest BCUT2D eigenvalue weighted by Crippen LogP contribution is -2.14. The molecule has 3 aromatic heterocycles. The molecule has 0 unspecified atom stereocenters. The number of hydrogen-bond donors (Lipinski definition) is 1. The fourth-order valence-corrected chi connectivity index (χ4v) is 3.25. The molecule has 1 amide bonds. The van der Waals surface area contributed by atoms with Gasteiger partial charge in [-0.2, -0.15) is 0 Å². The van der Waals surface area contributed by atoms with Crippen LogP contribution in [-0.2, 0) is 0 Å². The lowest BCUT2D eigenvalue weighted by molar-refractivity contribution is 0.102. The van der Waals surface area contributed by atoms with E-state index in [4.69, 9.17) is 14.2 Å². The van der Waals surface area contributed by atoms with E-state index in [0.29, 0.717) is 28.5 Å². The predicted molar refractivity (Wildman–Crippen MR) is 106 cm³/mol. The van der Waals surface area contributed by atoms with Gasteiger partial charge in [-0.15, -0.1) is 0 Å². The van der Waals surface area contributed by atoms with E-state index in [0.717, 1.165) is 22.5 Å². The number of fused-ring (bicyclic) bond motifs is 1. The number of methoxy groups -OCH3 is 1. The quantitative estimate of drug-likeness (QED) is 0.578. The zero-order valence-electron chi connectivity index (χ0n) is 16.1. The number of ether oxygens (including phenoxy) is 1. The van der Waals surface area contributed by atoms with E-state index in [9.17, 15) is 4.79 Å². The Morgan fingerprint density at radius 1 is 1.21 bits per heavy atom. The van der Waals surface area contributed by atoms with Gasteiger partial charge in [-0.3, -0.25) is 4.79 Å². The molecule has 1 N–H and O–H groups in total. The molecule has 142 valence electrons. The van der Waals surface area contributed by atoms with Gasteiger partial charge in [-0.05, 0) is 50.6 Å². The fourth-order valence-electron chi connectivity index (χ4n) is 3.25. The van der Waals surface area contributed by atoms with E-state index in [1.807, 2.05) is 54.0 Å². The Labute approximate surface area is 161 Å². The number of aryl methyl sites for hydroxylation is 3. The average molecular weight is 376 g/mol. The van der Waals surface area contributed by atoms with Gasteiger partial charge < -0.3 is 19.0 Å². The lowest BCUT2D eigenvalue weighted by Gasteiger charge is -2.11. The highest BCUT2D eigenvalue weighted by Gasteiger charge is 2.19. The number of nitrogens with one attached hydrogen (secondary N) is 1. The number of hydrogen-bond acceptors (Lipinski definition) is 5. The van der Waals surface area contributed by atoms with Crippen LogP contribution in [0.1, 0.15) is 27.4 Å². The van der Waals surface area contributed by atoms with Gasteiger partial charge in [0.05, 0.1) is 24.2 Å². The summed E-state index contributed by atoms with van der Waals surface area (Å²) >= 11 is 0. The molecule has 7 heteroatoms. The molecule has 0 spiro atoms. The van der Waals surface area contributed by atoms with Crippen molar-refractivity contribution in [3.05, 3.63) is 65.3 Å². The van der Waals surface area contributed by atoms with E-state index in [2.05, 4.69) is 10.5 Å². The first-order chi connectivity index (χ1) is 13.5. The standard InChI is InChI=1S/C21H20N4O3/c1-12-6-5-9-25-11-17(22-20(12)25)15-7-8-18(27-4)16(10-15)23-21(26)19-13(2)24-28-14(19)3/h5-11H,1-4H3,(H,23,26). The third kappa shape index (κ3) is 3.00. The Kier molecular flexibility index (Phi) is 4.35.